The van der Waals surface area contributed by atoms with Crippen molar-refractivity contribution in [2.75, 3.05) is 20.6 Å². The van der Waals surface area contributed by atoms with Crippen LogP contribution in [0.25, 0.3) is 0 Å². The van der Waals surface area contributed by atoms with E-state index in [-0.39, 0.29) is 24.0 Å². The first-order valence-electron chi connectivity index (χ1n) is 7.43. The second-order valence-electron chi connectivity index (χ2n) is 5.32. The van der Waals surface area contributed by atoms with Crippen molar-refractivity contribution in [3.05, 3.63) is 47.5 Å². The van der Waals surface area contributed by atoms with Crippen molar-refractivity contribution in [3.63, 3.8) is 0 Å². The van der Waals surface area contributed by atoms with Gasteiger partial charge in [-0.15, -0.1) is 24.0 Å². The second kappa shape index (κ2) is 9.82. The third kappa shape index (κ3) is 6.08. The fourth-order valence-electron chi connectivity index (χ4n) is 2.62. The summed E-state index contributed by atoms with van der Waals surface area (Å²) in [4.78, 5) is 6.53. The molecule has 0 saturated carbocycles. The van der Waals surface area contributed by atoms with Gasteiger partial charge >= 0.3 is 0 Å². The summed E-state index contributed by atoms with van der Waals surface area (Å²) in [5.74, 6) is 0.965. The van der Waals surface area contributed by atoms with Crippen LogP contribution in [0.15, 0.2) is 47.0 Å². The van der Waals surface area contributed by atoms with E-state index in [2.05, 4.69) is 52.6 Å². The molecular weight excluding hydrogens is 373 g/mol. The lowest BCUT2D eigenvalue weighted by atomic mass is 10.2. The Morgan fingerprint density at radius 3 is 2.67 bits per heavy atom. The summed E-state index contributed by atoms with van der Waals surface area (Å²) in [5, 5.41) is 3.45. The second-order valence-corrected chi connectivity index (χ2v) is 5.32. The molecule has 1 aromatic carbocycles. The molecule has 116 valence electrons. The van der Waals surface area contributed by atoms with Gasteiger partial charge in [-0.25, -0.2) is 0 Å². The topological polar surface area (TPSA) is 27.6 Å². The monoisotopic (exact) mass is 399 g/mol. The normalized spacial score (nSPS) is 14.4. The van der Waals surface area contributed by atoms with Crippen molar-refractivity contribution in [1.82, 2.24) is 10.2 Å². The number of halogens is 1. The molecule has 1 N–H and O–H groups in total. The number of hydrogen-bond acceptors (Lipinski definition) is 1. The van der Waals surface area contributed by atoms with Gasteiger partial charge in [-0.3, -0.25) is 4.99 Å². The van der Waals surface area contributed by atoms with Crippen LogP contribution in [0.3, 0.4) is 0 Å². The molecule has 1 aromatic rings. The highest BCUT2D eigenvalue weighted by Crippen LogP contribution is 2.19. The van der Waals surface area contributed by atoms with Gasteiger partial charge in [-0.05, 0) is 31.2 Å². The maximum absolute atomic E-state index is 4.36. The number of rotatable bonds is 5. The molecule has 0 spiro atoms. The van der Waals surface area contributed by atoms with E-state index in [0.717, 1.165) is 25.5 Å². The van der Waals surface area contributed by atoms with E-state index in [4.69, 9.17) is 0 Å². The van der Waals surface area contributed by atoms with Gasteiger partial charge in [0.05, 0.1) is 0 Å². The minimum atomic E-state index is 0. The first-order chi connectivity index (χ1) is 9.79. The average Bonchev–Trinajstić information content (AvgIpc) is 2.98. The quantitative estimate of drug-likeness (QED) is 0.353. The van der Waals surface area contributed by atoms with E-state index in [1.165, 1.54) is 24.8 Å². The van der Waals surface area contributed by atoms with Gasteiger partial charge in [0.25, 0.3) is 0 Å². The van der Waals surface area contributed by atoms with Gasteiger partial charge in [0.2, 0.25) is 0 Å². The van der Waals surface area contributed by atoms with Crippen LogP contribution < -0.4 is 5.32 Å². The molecule has 0 aliphatic heterocycles. The molecule has 3 nitrogen and oxygen atoms in total. The highest BCUT2D eigenvalue weighted by Gasteiger charge is 2.08. The molecule has 1 aliphatic carbocycles. The number of benzene rings is 1. The fourth-order valence-corrected chi connectivity index (χ4v) is 2.62. The van der Waals surface area contributed by atoms with Crippen LogP contribution in [-0.4, -0.2) is 31.5 Å². The van der Waals surface area contributed by atoms with E-state index in [9.17, 15) is 0 Å². The van der Waals surface area contributed by atoms with E-state index >= 15 is 0 Å². The lowest BCUT2D eigenvalue weighted by Gasteiger charge is -2.22. The Labute approximate surface area is 145 Å². The van der Waals surface area contributed by atoms with E-state index in [1.807, 2.05) is 13.1 Å². The molecule has 4 heteroatoms. The van der Waals surface area contributed by atoms with Gasteiger partial charge in [-0.1, -0.05) is 42.0 Å². The zero-order valence-electron chi connectivity index (χ0n) is 13.0. The first kappa shape index (κ1) is 18.0. The van der Waals surface area contributed by atoms with Crippen LogP contribution in [-0.2, 0) is 6.54 Å². The Balaban J connectivity index is 0.00000220. The van der Waals surface area contributed by atoms with Crippen LogP contribution in [0.1, 0.15) is 31.2 Å². The summed E-state index contributed by atoms with van der Waals surface area (Å²) < 4.78 is 0. The lowest BCUT2D eigenvalue weighted by Crippen LogP contribution is -2.38. The molecule has 0 unspecified atom stereocenters. The third-order valence-electron chi connectivity index (χ3n) is 3.70. The molecule has 0 atom stereocenters. The van der Waals surface area contributed by atoms with Crippen LogP contribution in [0.4, 0.5) is 0 Å². The van der Waals surface area contributed by atoms with Crippen molar-refractivity contribution in [1.29, 1.82) is 0 Å². The molecule has 21 heavy (non-hydrogen) atoms. The van der Waals surface area contributed by atoms with Crippen LogP contribution in [0, 0.1) is 0 Å². The molecule has 0 saturated heterocycles. The predicted molar refractivity (Wildman–Crippen MR) is 101 cm³/mol. The molecular formula is C17H26IN3. The molecule has 0 amide bonds. The van der Waals surface area contributed by atoms with E-state index in [1.54, 1.807) is 5.57 Å². The number of nitrogens with one attached hydrogen (secondary N) is 1. The molecule has 0 bridgehead atoms. The van der Waals surface area contributed by atoms with Gasteiger partial charge in [0, 0.05) is 27.2 Å². The predicted octanol–water partition coefficient (Wildman–Crippen LogP) is 3.81. The number of allylic oxidation sites excluding steroid dienone is 1. The molecule has 1 aliphatic rings. The maximum atomic E-state index is 4.36. The lowest BCUT2D eigenvalue weighted by molar-refractivity contribution is 0.477. The van der Waals surface area contributed by atoms with Crippen LogP contribution in [0.2, 0.25) is 0 Å². The summed E-state index contributed by atoms with van der Waals surface area (Å²) in [6, 6.07) is 10.5. The van der Waals surface area contributed by atoms with Gasteiger partial charge < -0.3 is 10.2 Å². The molecule has 0 heterocycles. The Kier molecular flexibility index (Phi) is 8.42. The first-order valence-corrected chi connectivity index (χ1v) is 7.43. The van der Waals surface area contributed by atoms with Crippen LogP contribution in [0.5, 0.6) is 0 Å². The minimum Gasteiger partial charge on any atom is -0.356 e. The molecule has 2 rings (SSSR count). The summed E-state index contributed by atoms with van der Waals surface area (Å²) in [5.41, 5.74) is 2.90. The molecule has 0 fully saturated rings. The Morgan fingerprint density at radius 1 is 1.29 bits per heavy atom. The summed E-state index contributed by atoms with van der Waals surface area (Å²) in [6.07, 6.45) is 7.40. The number of nitrogens with zero attached hydrogens (tertiary/aromatic N) is 2. The number of hydrogen-bond donors (Lipinski definition) is 1. The highest BCUT2D eigenvalue weighted by molar-refractivity contribution is 14.0. The Hall–Kier alpha value is -1.04. The van der Waals surface area contributed by atoms with Gasteiger partial charge in [-0.2, -0.15) is 0 Å². The Bertz CT molecular complexity index is 468. The third-order valence-corrected chi connectivity index (χ3v) is 3.70. The zero-order valence-corrected chi connectivity index (χ0v) is 15.3. The zero-order chi connectivity index (χ0) is 14.2. The van der Waals surface area contributed by atoms with Crippen molar-refractivity contribution < 1.29 is 0 Å². The number of guanidine groups is 1. The van der Waals surface area contributed by atoms with Crippen molar-refractivity contribution in [2.24, 2.45) is 4.99 Å². The maximum Gasteiger partial charge on any atom is 0.193 e. The fraction of sp³-hybridized carbons (Fsp3) is 0.471. The standard InChI is InChI=1S/C17H25N3.HI/c1-18-17(19-13-12-15-8-6-7-9-15)20(2)14-16-10-4-3-5-11-16;/h3-5,8,10-11H,6-7,9,12-14H2,1-2H3,(H,18,19);1H. The molecule has 0 aromatic heterocycles. The summed E-state index contributed by atoms with van der Waals surface area (Å²) in [7, 11) is 3.93. The SMILES string of the molecule is CN=C(NCCC1=CCCC1)N(C)Cc1ccccc1.I. The van der Waals surface area contributed by atoms with Crippen molar-refractivity contribution in [3.8, 4) is 0 Å². The summed E-state index contributed by atoms with van der Waals surface area (Å²) in [6.45, 7) is 1.85. The van der Waals surface area contributed by atoms with Crippen molar-refractivity contribution in [2.45, 2.75) is 32.2 Å². The largest absolute Gasteiger partial charge is 0.356 e. The highest BCUT2D eigenvalue weighted by atomic mass is 127. The number of aliphatic imine (C=N–C) groups is 1. The van der Waals surface area contributed by atoms with Gasteiger partial charge in [0.15, 0.2) is 5.96 Å². The Morgan fingerprint density at radius 2 is 2.05 bits per heavy atom. The van der Waals surface area contributed by atoms with E-state index in [0.29, 0.717) is 0 Å². The molecule has 0 radical (unpaired) electrons. The minimum absolute atomic E-state index is 0. The average molecular weight is 399 g/mol. The van der Waals surface area contributed by atoms with Crippen molar-refractivity contribution >= 4 is 29.9 Å². The van der Waals surface area contributed by atoms with Gasteiger partial charge in [0.1, 0.15) is 0 Å². The van der Waals surface area contributed by atoms with E-state index < -0.39 is 0 Å². The van der Waals surface area contributed by atoms with Crippen LogP contribution >= 0.6 is 24.0 Å². The summed E-state index contributed by atoms with van der Waals surface area (Å²) >= 11 is 0. The smallest absolute Gasteiger partial charge is 0.193 e.